The number of unbranched alkanes of at least 4 members (excludes halogenated alkanes) is 29. The smallest absolute Gasteiger partial charge is 0.306 e. The van der Waals surface area contributed by atoms with Crippen LogP contribution >= 0.6 is 0 Å². The van der Waals surface area contributed by atoms with E-state index in [0.717, 1.165) is 38.5 Å². The van der Waals surface area contributed by atoms with Crippen LogP contribution in [0.1, 0.15) is 232 Å². The highest BCUT2D eigenvalue weighted by atomic mass is 16.6. The third-order valence-corrected chi connectivity index (χ3v) is 9.56. The molecule has 284 valence electrons. The van der Waals surface area contributed by atoms with Crippen molar-refractivity contribution in [3.05, 3.63) is 12.2 Å². The monoisotopic (exact) mass is 679 g/mol. The second-order valence-electron chi connectivity index (χ2n) is 14.4. The molecule has 0 aromatic heterocycles. The number of hydrogen-bond acceptors (Lipinski definition) is 5. The van der Waals surface area contributed by atoms with Gasteiger partial charge in [-0.05, 0) is 38.5 Å². The predicted molar refractivity (Wildman–Crippen MR) is 205 cm³/mol. The SMILES string of the molecule is CCCCCCCCC=CCCCCCCCC(=O)OC(CO)COC(=O)CCCCCCCCCCCCCCCCCCCCC. The summed E-state index contributed by atoms with van der Waals surface area (Å²) in [7, 11) is 0. The first kappa shape index (κ1) is 46.6. The summed E-state index contributed by atoms with van der Waals surface area (Å²) < 4.78 is 10.6. The molecule has 1 N–H and O–H groups in total. The van der Waals surface area contributed by atoms with Gasteiger partial charge in [0.05, 0.1) is 6.61 Å². The summed E-state index contributed by atoms with van der Waals surface area (Å²) in [6.07, 6.45) is 45.6. The van der Waals surface area contributed by atoms with Crippen molar-refractivity contribution in [2.75, 3.05) is 13.2 Å². The molecule has 0 spiro atoms. The number of carbonyl (C=O) groups excluding carboxylic acids is 2. The Labute approximate surface area is 299 Å². The molecule has 0 heterocycles. The molecule has 5 heteroatoms. The minimum Gasteiger partial charge on any atom is -0.462 e. The second kappa shape index (κ2) is 40.1. The fraction of sp³-hybridized carbons (Fsp3) is 0.907. The quantitative estimate of drug-likeness (QED) is 0.0398. The molecule has 0 aromatic carbocycles. The largest absolute Gasteiger partial charge is 0.462 e. The lowest BCUT2D eigenvalue weighted by atomic mass is 10.0. The van der Waals surface area contributed by atoms with Crippen LogP contribution in [-0.4, -0.2) is 36.4 Å². The van der Waals surface area contributed by atoms with Crippen molar-refractivity contribution < 1.29 is 24.2 Å². The summed E-state index contributed by atoms with van der Waals surface area (Å²) in [6.45, 7) is 4.15. The standard InChI is InChI=1S/C43H82O5/c1-3-5-7-9-11-13-15-17-19-20-21-22-24-25-27-29-31-33-35-37-42(45)47-40-41(39-44)48-43(46)38-36-34-32-30-28-26-23-18-16-14-12-10-8-6-4-2/h18,23,41,44H,3-17,19-22,24-40H2,1-2H3. The Morgan fingerprint density at radius 3 is 1.12 bits per heavy atom. The van der Waals surface area contributed by atoms with Crippen LogP contribution in [0, 0.1) is 0 Å². The Hall–Kier alpha value is -1.36. The molecule has 0 rings (SSSR count). The fourth-order valence-corrected chi connectivity index (χ4v) is 6.31. The van der Waals surface area contributed by atoms with E-state index in [1.807, 2.05) is 0 Å². The fourth-order valence-electron chi connectivity index (χ4n) is 6.31. The number of ether oxygens (including phenoxy) is 2. The Morgan fingerprint density at radius 1 is 0.458 bits per heavy atom. The van der Waals surface area contributed by atoms with Gasteiger partial charge in [0.2, 0.25) is 0 Å². The maximum absolute atomic E-state index is 12.2. The van der Waals surface area contributed by atoms with E-state index in [9.17, 15) is 14.7 Å². The maximum atomic E-state index is 12.2. The normalized spacial score (nSPS) is 12.1. The molecule has 0 aliphatic rings. The molecule has 0 saturated carbocycles. The molecule has 0 saturated heterocycles. The first-order valence-corrected chi connectivity index (χ1v) is 21.2. The molecule has 48 heavy (non-hydrogen) atoms. The van der Waals surface area contributed by atoms with E-state index in [1.165, 1.54) is 167 Å². The first-order chi connectivity index (χ1) is 23.6. The second-order valence-corrected chi connectivity index (χ2v) is 14.4. The molecule has 0 bridgehead atoms. The van der Waals surface area contributed by atoms with Crippen LogP contribution in [0.3, 0.4) is 0 Å². The van der Waals surface area contributed by atoms with Crippen LogP contribution in [0.25, 0.3) is 0 Å². The zero-order valence-electron chi connectivity index (χ0n) is 32.3. The zero-order chi connectivity index (χ0) is 35.0. The summed E-state index contributed by atoms with van der Waals surface area (Å²) in [4.78, 5) is 24.3. The van der Waals surface area contributed by atoms with E-state index in [1.54, 1.807) is 0 Å². The molecule has 5 nitrogen and oxygen atoms in total. The molecule has 0 aliphatic carbocycles. The van der Waals surface area contributed by atoms with E-state index in [4.69, 9.17) is 9.47 Å². The predicted octanol–water partition coefficient (Wildman–Crippen LogP) is 13.3. The van der Waals surface area contributed by atoms with Gasteiger partial charge >= 0.3 is 11.9 Å². The number of hydrogen-bond donors (Lipinski definition) is 1. The molecular weight excluding hydrogens is 596 g/mol. The van der Waals surface area contributed by atoms with Gasteiger partial charge in [-0.2, -0.15) is 0 Å². The van der Waals surface area contributed by atoms with Crippen LogP contribution in [0.15, 0.2) is 12.2 Å². The highest BCUT2D eigenvalue weighted by Crippen LogP contribution is 2.15. The van der Waals surface area contributed by atoms with Gasteiger partial charge in [0.25, 0.3) is 0 Å². The molecule has 1 atom stereocenters. The van der Waals surface area contributed by atoms with Crippen molar-refractivity contribution >= 4 is 11.9 Å². The molecule has 0 radical (unpaired) electrons. The summed E-state index contributed by atoms with van der Waals surface area (Å²) in [5.74, 6) is -0.588. The van der Waals surface area contributed by atoms with E-state index >= 15 is 0 Å². The van der Waals surface area contributed by atoms with Gasteiger partial charge in [0.1, 0.15) is 6.61 Å². The number of carbonyl (C=O) groups is 2. The van der Waals surface area contributed by atoms with E-state index < -0.39 is 6.10 Å². The summed E-state index contributed by atoms with van der Waals surface area (Å²) in [5.41, 5.74) is 0. The summed E-state index contributed by atoms with van der Waals surface area (Å²) >= 11 is 0. The Bertz CT molecular complexity index is 691. The number of esters is 2. The van der Waals surface area contributed by atoms with Crippen molar-refractivity contribution in [3.63, 3.8) is 0 Å². The average Bonchev–Trinajstić information content (AvgIpc) is 3.09. The third-order valence-electron chi connectivity index (χ3n) is 9.56. The lowest BCUT2D eigenvalue weighted by Gasteiger charge is -2.15. The van der Waals surface area contributed by atoms with E-state index in [-0.39, 0.29) is 25.2 Å². The van der Waals surface area contributed by atoms with Crippen molar-refractivity contribution in [2.45, 2.75) is 238 Å². The van der Waals surface area contributed by atoms with Gasteiger partial charge in [-0.3, -0.25) is 9.59 Å². The van der Waals surface area contributed by atoms with Crippen LogP contribution in [0.2, 0.25) is 0 Å². The lowest BCUT2D eigenvalue weighted by molar-refractivity contribution is -0.161. The van der Waals surface area contributed by atoms with Crippen molar-refractivity contribution in [1.82, 2.24) is 0 Å². The molecule has 0 fully saturated rings. The molecular formula is C43H82O5. The highest BCUT2D eigenvalue weighted by molar-refractivity contribution is 5.70. The van der Waals surface area contributed by atoms with Gasteiger partial charge in [-0.1, -0.05) is 193 Å². The summed E-state index contributed by atoms with van der Waals surface area (Å²) in [5, 5.41) is 9.56. The highest BCUT2D eigenvalue weighted by Gasteiger charge is 2.16. The van der Waals surface area contributed by atoms with E-state index in [0.29, 0.717) is 12.8 Å². The topological polar surface area (TPSA) is 72.8 Å². The molecule has 0 amide bonds. The molecule has 0 aromatic rings. The average molecular weight is 679 g/mol. The number of aliphatic hydroxyl groups is 1. The van der Waals surface area contributed by atoms with Crippen LogP contribution in [0.4, 0.5) is 0 Å². The van der Waals surface area contributed by atoms with Crippen LogP contribution < -0.4 is 0 Å². The number of allylic oxidation sites excluding steroid dienone is 2. The maximum Gasteiger partial charge on any atom is 0.306 e. The zero-order valence-corrected chi connectivity index (χ0v) is 32.3. The van der Waals surface area contributed by atoms with Crippen molar-refractivity contribution in [3.8, 4) is 0 Å². The van der Waals surface area contributed by atoms with Crippen molar-refractivity contribution in [1.29, 1.82) is 0 Å². The van der Waals surface area contributed by atoms with Gasteiger partial charge in [-0.15, -0.1) is 0 Å². The third kappa shape index (κ3) is 37.5. The van der Waals surface area contributed by atoms with Crippen LogP contribution in [0.5, 0.6) is 0 Å². The summed E-state index contributed by atoms with van der Waals surface area (Å²) in [6, 6.07) is 0. The molecule has 0 aliphatic heterocycles. The van der Waals surface area contributed by atoms with Crippen LogP contribution in [-0.2, 0) is 19.1 Å². The first-order valence-electron chi connectivity index (χ1n) is 21.2. The molecule has 1 unspecified atom stereocenters. The van der Waals surface area contributed by atoms with Gasteiger partial charge in [-0.25, -0.2) is 0 Å². The minimum absolute atomic E-state index is 0.0629. The van der Waals surface area contributed by atoms with E-state index in [2.05, 4.69) is 26.0 Å². The Balaban J connectivity index is 3.49. The lowest BCUT2D eigenvalue weighted by Crippen LogP contribution is -2.28. The Morgan fingerprint density at radius 2 is 0.771 bits per heavy atom. The minimum atomic E-state index is -0.769. The van der Waals surface area contributed by atoms with Gasteiger partial charge in [0, 0.05) is 12.8 Å². The van der Waals surface area contributed by atoms with Crippen molar-refractivity contribution in [2.24, 2.45) is 0 Å². The number of rotatable bonds is 39. The van der Waals surface area contributed by atoms with Gasteiger partial charge in [0.15, 0.2) is 6.10 Å². The van der Waals surface area contributed by atoms with Gasteiger partial charge < -0.3 is 14.6 Å². The Kier molecular flexibility index (Phi) is 38.9. The number of aliphatic hydroxyl groups excluding tert-OH is 1.